The molecule has 176 valence electrons. The van der Waals surface area contributed by atoms with Crippen LogP contribution >= 0.6 is 34.7 Å². The molecule has 0 fully saturated rings. The normalized spacial score (nSPS) is 11.1. The zero-order valence-corrected chi connectivity index (χ0v) is 21.4. The second-order valence-corrected chi connectivity index (χ2v) is 10.1. The Morgan fingerprint density at radius 2 is 2.00 bits per heavy atom. The van der Waals surface area contributed by atoms with E-state index in [9.17, 15) is 9.59 Å². The first-order chi connectivity index (χ1) is 16.4. The second-order valence-electron chi connectivity index (χ2n) is 7.66. The number of ether oxygens (including phenoxy) is 1. The first kappa shape index (κ1) is 24.3. The molecule has 0 unspecified atom stereocenters. The third-order valence-corrected chi connectivity index (χ3v) is 7.72. The van der Waals surface area contributed by atoms with Gasteiger partial charge < -0.3 is 10.1 Å². The number of nitrogens with zero attached hydrogens (tertiary/aromatic N) is 2. The number of carbonyl (C=O) groups excluding carboxylic acids is 1. The van der Waals surface area contributed by atoms with Crippen LogP contribution in [0.2, 0.25) is 5.02 Å². The van der Waals surface area contributed by atoms with Gasteiger partial charge >= 0.3 is 0 Å². The summed E-state index contributed by atoms with van der Waals surface area (Å²) in [5.41, 5.74) is 2.14. The number of anilines is 1. The highest BCUT2D eigenvalue weighted by Gasteiger charge is 2.20. The summed E-state index contributed by atoms with van der Waals surface area (Å²) in [5.74, 6) is 0.545. The molecule has 9 heteroatoms. The Balaban J connectivity index is 1.69. The molecule has 1 amide bonds. The summed E-state index contributed by atoms with van der Waals surface area (Å²) in [7, 11) is 1.58. The van der Waals surface area contributed by atoms with Gasteiger partial charge in [0, 0.05) is 21.7 Å². The van der Waals surface area contributed by atoms with E-state index in [1.54, 1.807) is 59.4 Å². The molecular weight excluding hydrogens is 490 g/mol. The number of thiophene rings is 1. The summed E-state index contributed by atoms with van der Waals surface area (Å²) in [6.07, 6.45) is 1.89. The number of amides is 1. The molecule has 4 rings (SSSR count). The first-order valence-electron chi connectivity index (χ1n) is 10.8. The minimum absolute atomic E-state index is 0.0922. The van der Waals surface area contributed by atoms with Gasteiger partial charge in [-0.25, -0.2) is 4.98 Å². The number of aryl methyl sites for hydroxylation is 2. The molecule has 34 heavy (non-hydrogen) atoms. The van der Waals surface area contributed by atoms with E-state index in [0.29, 0.717) is 37.5 Å². The molecule has 0 aliphatic rings. The van der Waals surface area contributed by atoms with E-state index < -0.39 is 0 Å². The molecule has 0 bridgehead atoms. The number of thioether (sulfide) groups is 1. The van der Waals surface area contributed by atoms with Crippen LogP contribution in [0.3, 0.4) is 0 Å². The standard InChI is InChI=1S/C25H24ClN3O3S2/c1-4-6-20-15(2)22-23(34-20)28-25(29(24(22)31)18-11-9-16(26)10-12-18)33-14-21(30)27-17-7-5-8-19(13-17)32-3/h5,7-13H,4,6,14H2,1-3H3,(H,27,30). The fourth-order valence-electron chi connectivity index (χ4n) is 3.62. The van der Waals surface area contributed by atoms with E-state index in [0.717, 1.165) is 18.4 Å². The van der Waals surface area contributed by atoms with Crippen LogP contribution in [0.15, 0.2) is 58.5 Å². The predicted molar refractivity (Wildman–Crippen MR) is 141 cm³/mol. The van der Waals surface area contributed by atoms with E-state index in [1.165, 1.54) is 16.6 Å². The van der Waals surface area contributed by atoms with Gasteiger partial charge in [0.2, 0.25) is 5.91 Å². The Kier molecular flexibility index (Phi) is 7.60. The monoisotopic (exact) mass is 513 g/mol. The molecular formula is C25H24ClN3O3S2. The van der Waals surface area contributed by atoms with Crippen molar-refractivity contribution < 1.29 is 9.53 Å². The van der Waals surface area contributed by atoms with E-state index >= 15 is 0 Å². The summed E-state index contributed by atoms with van der Waals surface area (Å²) in [5, 5.41) is 4.54. The van der Waals surface area contributed by atoms with Crippen molar-refractivity contribution in [1.82, 2.24) is 9.55 Å². The van der Waals surface area contributed by atoms with Gasteiger partial charge in [-0.2, -0.15) is 0 Å². The van der Waals surface area contributed by atoms with E-state index in [-0.39, 0.29) is 17.2 Å². The lowest BCUT2D eigenvalue weighted by atomic mass is 10.1. The lowest BCUT2D eigenvalue weighted by Gasteiger charge is -2.13. The van der Waals surface area contributed by atoms with Crippen molar-refractivity contribution in [3.05, 3.63) is 74.3 Å². The highest BCUT2D eigenvalue weighted by atomic mass is 35.5. The number of benzene rings is 2. The van der Waals surface area contributed by atoms with Gasteiger partial charge in [-0.3, -0.25) is 14.2 Å². The van der Waals surface area contributed by atoms with Crippen molar-refractivity contribution in [2.24, 2.45) is 0 Å². The molecule has 0 atom stereocenters. The molecule has 2 aromatic carbocycles. The van der Waals surface area contributed by atoms with Crippen molar-refractivity contribution >= 4 is 56.5 Å². The van der Waals surface area contributed by atoms with Crippen molar-refractivity contribution in [2.45, 2.75) is 31.8 Å². The minimum Gasteiger partial charge on any atom is -0.497 e. The van der Waals surface area contributed by atoms with Crippen molar-refractivity contribution in [3.63, 3.8) is 0 Å². The maximum atomic E-state index is 13.6. The molecule has 6 nitrogen and oxygen atoms in total. The fourth-order valence-corrected chi connectivity index (χ4v) is 5.88. The van der Waals surface area contributed by atoms with Gasteiger partial charge in [-0.15, -0.1) is 11.3 Å². The summed E-state index contributed by atoms with van der Waals surface area (Å²) in [4.78, 5) is 33.0. The number of nitrogens with one attached hydrogen (secondary N) is 1. The molecule has 0 radical (unpaired) electrons. The number of fused-ring (bicyclic) bond motifs is 1. The molecule has 0 aliphatic heterocycles. The van der Waals surface area contributed by atoms with Gasteiger partial charge in [0.15, 0.2) is 5.16 Å². The Hall–Kier alpha value is -2.81. The van der Waals surface area contributed by atoms with Crippen molar-refractivity contribution in [2.75, 3.05) is 18.2 Å². The topological polar surface area (TPSA) is 73.2 Å². The molecule has 0 spiro atoms. The molecule has 2 aromatic heterocycles. The number of hydrogen-bond acceptors (Lipinski definition) is 6. The quantitative estimate of drug-likeness (QED) is 0.227. The summed E-state index contributed by atoms with van der Waals surface area (Å²) < 4.78 is 6.78. The molecule has 0 saturated heterocycles. The number of hydrogen-bond donors (Lipinski definition) is 1. The number of halogens is 1. The third kappa shape index (κ3) is 5.14. The highest BCUT2D eigenvalue weighted by molar-refractivity contribution is 7.99. The number of aromatic nitrogens is 2. The Bertz CT molecular complexity index is 1400. The molecule has 0 aliphatic carbocycles. The Morgan fingerprint density at radius 3 is 2.71 bits per heavy atom. The first-order valence-corrected chi connectivity index (χ1v) is 13.0. The van der Waals surface area contributed by atoms with Gasteiger partial charge in [-0.1, -0.05) is 42.8 Å². The van der Waals surface area contributed by atoms with Crippen LogP contribution in [-0.4, -0.2) is 28.3 Å². The average molecular weight is 514 g/mol. The zero-order valence-electron chi connectivity index (χ0n) is 19.1. The smallest absolute Gasteiger partial charge is 0.267 e. The van der Waals surface area contributed by atoms with Crippen LogP contribution in [0, 0.1) is 6.92 Å². The third-order valence-electron chi connectivity index (χ3n) is 5.28. The van der Waals surface area contributed by atoms with E-state index in [2.05, 4.69) is 12.2 Å². The summed E-state index contributed by atoms with van der Waals surface area (Å²) in [6, 6.07) is 14.2. The number of carbonyl (C=O) groups is 1. The lowest BCUT2D eigenvalue weighted by Crippen LogP contribution is -2.22. The highest BCUT2D eigenvalue weighted by Crippen LogP contribution is 2.31. The summed E-state index contributed by atoms with van der Waals surface area (Å²) >= 11 is 8.84. The molecule has 1 N–H and O–H groups in total. The maximum Gasteiger partial charge on any atom is 0.267 e. The predicted octanol–water partition coefficient (Wildman–Crippen LogP) is 6.10. The molecule has 0 saturated carbocycles. The van der Waals surface area contributed by atoms with Crippen LogP contribution in [0.5, 0.6) is 5.75 Å². The van der Waals surface area contributed by atoms with Gasteiger partial charge in [0.1, 0.15) is 10.6 Å². The van der Waals surface area contributed by atoms with Crippen molar-refractivity contribution in [3.8, 4) is 11.4 Å². The zero-order chi connectivity index (χ0) is 24.2. The van der Waals surface area contributed by atoms with Crippen LogP contribution in [-0.2, 0) is 11.2 Å². The Morgan fingerprint density at radius 1 is 1.24 bits per heavy atom. The molecule has 4 aromatic rings. The minimum atomic E-state index is -0.204. The van der Waals surface area contributed by atoms with Gasteiger partial charge in [-0.05, 0) is 55.3 Å². The van der Waals surface area contributed by atoms with Crippen LogP contribution in [0.1, 0.15) is 23.8 Å². The van der Waals surface area contributed by atoms with E-state index in [1.807, 2.05) is 19.1 Å². The SMILES string of the molecule is CCCc1sc2nc(SCC(=O)Nc3cccc(OC)c3)n(-c3ccc(Cl)cc3)c(=O)c2c1C. The van der Waals surface area contributed by atoms with Crippen LogP contribution in [0.25, 0.3) is 15.9 Å². The summed E-state index contributed by atoms with van der Waals surface area (Å²) in [6.45, 7) is 4.10. The Labute approximate surface area is 210 Å². The van der Waals surface area contributed by atoms with E-state index in [4.69, 9.17) is 21.3 Å². The van der Waals surface area contributed by atoms with Crippen LogP contribution < -0.4 is 15.6 Å². The largest absolute Gasteiger partial charge is 0.497 e. The number of methoxy groups -OCH3 is 1. The molecule has 2 heterocycles. The fraction of sp³-hybridized carbons (Fsp3) is 0.240. The maximum absolute atomic E-state index is 13.6. The lowest BCUT2D eigenvalue weighted by molar-refractivity contribution is -0.113. The number of rotatable bonds is 8. The van der Waals surface area contributed by atoms with Gasteiger partial charge in [0.05, 0.1) is 23.9 Å². The van der Waals surface area contributed by atoms with Crippen molar-refractivity contribution in [1.29, 1.82) is 0 Å². The second kappa shape index (κ2) is 10.6. The average Bonchev–Trinajstić information content (AvgIpc) is 3.14. The van der Waals surface area contributed by atoms with Gasteiger partial charge in [0.25, 0.3) is 5.56 Å². The van der Waals surface area contributed by atoms with Crippen LogP contribution in [0.4, 0.5) is 5.69 Å².